The minimum Gasteiger partial charge on any atom is -0.361 e. The number of nitrogens with zero attached hydrogens (tertiary/aromatic N) is 3. The van der Waals surface area contributed by atoms with Gasteiger partial charge >= 0.3 is 0 Å². The summed E-state index contributed by atoms with van der Waals surface area (Å²) in [5.41, 5.74) is 6.64. The Balaban J connectivity index is 1.86. The number of nitriles is 3. The number of allylic oxidation sites excluding steroid dienone is 2. The molecule has 4 N–H and O–H groups in total. The van der Waals surface area contributed by atoms with Gasteiger partial charge in [0.1, 0.15) is 23.8 Å². The topological polar surface area (TPSA) is 135 Å². The average molecular weight is 530 g/mol. The van der Waals surface area contributed by atoms with Crippen LogP contribution < -0.4 is 0 Å². The van der Waals surface area contributed by atoms with Crippen LogP contribution in [0.25, 0.3) is 5.57 Å². The molecule has 4 aromatic rings. The Bertz CT molecular complexity index is 1770. The molecule has 0 unspecified atom stereocenters. The second-order valence-corrected chi connectivity index (χ2v) is 12.9. The zero-order valence-electron chi connectivity index (χ0n) is 24.4. The van der Waals surface area contributed by atoms with E-state index >= 15 is 0 Å². The first-order valence-corrected chi connectivity index (χ1v) is 13.5. The van der Waals surface area contributed by atoms with Gasteiger partial charge in [0, 0.05) is 72.8 Å². The third-order valence-corrected chi connectivity index (χ3v) is 9.07. The summed E-state index contributed by atoms with van der Waals surface area (Å²) in [6.07, 6.45) is 0. The third kappa shape index (κ3) is 3.75. The van der Waals surface area contributed by atoms with E-state index in [1.165, 1.54) is 0 Å². The highest BCUT2D eigenvalue weighted by atomic mass is 14.9. The van der Waals surface area contributed by atoms with Crippen molar-refractivity contribution in [2.45, 2.75) is 77.0 Å². The molecule has 0 spiro atoms. The molecule has 5 rings (SSSR count). The fourth-order valence-corrected chi connectivity index (χ4v) is 5.81. The number of nitrogens with one attached hydrogen (secondary N) is 4. The molecule has 0 saturated carbocycles. The van der Waals surface area contributed by atoms with Crippen LogP contribution in [-0.2, 0) is 21.7 Å². The van der Waals surface area contributed by atoms with Crippen molar-refractivity contribution in [1.82, 2.24) is 19.9 Å². The standard InChI is InChI=1S/C33H35N7/c1-30(2)22-9-10-23(37-22)31(3,4)25-13-14-27(39-25)33(7,8)29-20(21(18-36)19(16-34)17-35)15-28(40-29)32(5,6)26-12-11-24(30)38-26/h9-15,37-40H,1-8H3. The molecule has 0 saturated heterocycles. The summed E-state index contributed by atoms with van der Waals surface area (Å²) >= 11 is 0. The van der Waals surface area contributed by atoms with Crippen molar-refractivity contribution in [2.24, 2.45) is 0 Å². The van der Waals surface area contributed by atoms with Gasteiger partial charge in [-0.15, -0.1) is 0 Å². The Kier molecular flexibility index (Phi) is 5.83. The molecule has 0 atom stereocenters. The van der Waals surface area contributed by atoms with Gasteiger partial charge in [-0.05, 0) is 97.9 Å². The zero-order chi connectivity index (χ0) is 29.3. The molecule has 0 amide bonds. The smallest absolute Gasteiger partial charge is 0.148 e. The predicted octanol–water partition coefficient (Wildman–Crippen LogP) is 6.94. The first-order chi connectivity index (χ1) is 18.7. The van der Waals surface area contributed by atoms with E-state index in [2.05, 4.69) is 118 Å². The van der Waals surface area contributed by atoms with Crippen LogP contribution in [0.5, 0.6) is 0 Å². The summed E-state index contributed by atoms with van der Waals surface area (Å²) in [6.45, 7) is 17.2. The molecule has 4 aromatic heterocycles. The Labute approximate surface area is 235 Å². The van der Waals surface area contributed by atoms with Gasteiger partial charge in [0.2, 0.25) is 0 Å². The number of aromatic nitrogens is 4. The van der Waals surface area contributed by atoms with E-state index in [0.29, 0.717) is 5.56 Å². The monoisotopic (exact) mass is 529 g/mol. The van der Waals surface area contributed by atoms with Crippen molar-refractivity contribution in [3.63, 3.8) is 0 Å². The maximum atomic E-state index is 10.1. The summed E-state index contributed by atoms with van der Waals surface area (Å²) in [5, 5.41) is 29.5. The molecule has 1 aliphatic rings. The van der Waals surface area contributed by atoms with Gasteiger partial charge in [0.15, 0.2) is 0 Å². The SMILES string of the molecule is CC1(C)c2ccc([nH]2)C(C)(C)c2ccc([nH]2)C(C)(C)c2[nH]c(cc2C(C#N)=C(C#N)C#N)C(C)(C)c2ccc1[nH]2. The number of rotatable bonds is 1. The van der Waals surface area contributed by atoms with Crippen molar-refractivity contribution in [2.75, 3.05) is 0 Å². The Morgan fingerprint density at radius 1 is 0.500 bits per heavy atom. The normalized spacial score (nSPS) is 17.7. The summed E-state index contributed by atoms with van der Waals surface area (Å²) in [5.74, 6) is 0. The number of hydrogen-bond acceptors (Lipinski definition) is 3. The molecule has 0 radical (unpaired) electrons. The summed E-state index contributed by atoms with van der Waals surface area (Å²) < 4.78 is 0. The number of fused-ring (bicyclic) bond motifs is 8. The molecule has 8 bridgehead atoms. The van der Waals surface area contributed by atoms with E-state index in [9.17, 15) is 15.8 Å². The van der Waals surface area contributed by atoms with Gasteiger partial charge in [-0.1, -0.05) is 0 Å². The van der Waals surface area contributed by atoms with Crippen LogP contribution in [0.2, 0.25) is 0 Å². The molecule has 202 valence electrons. The fraction of sp³-hybridized carbons (Fsp3) is 0.364. The summed E-state index contributed by atoms with van der Waals surface area (Å²) in [4.78, 5) is 14.8. The van der Waals surface area contributed by atoms with Gasteiger partial charge in [-0.3, -0.25) is 0 Å². The van der Waals surface area contributed by atoms with E-state index < -0.39 is 10.8 Å². The van der Waals surface area contributed by atoms with E-state index in [1.54, 1.807) is 0 Å². The lowest BCUT2D eigenvalue weighted by Gasteiger charge is -2.28. The minimum absolute atomic E-state index is 0.0725. The van der Waals surface area contributed by atoms with Crippen LogP contribution in [-0.4, -0.2) is 19.9 Å². The third-order valence-electron chi connectivity index (χ3n) is 9.07. The van der Waals surface area contributed by atoms with Gasteiger partial charge in [0.05, 0.1) is 5.57 Å². The van der Waals surface area contributed by atoms with Crippen LogP contribution in [0.3, 0.4) is 0 Å². The van der Waals surface area contributed by atoms with E-state index in [4.69, 9.17) is 0 Å². The Morgan fingerprint density at radius 3 is 1.20 bits per heavy atom. The average Bonchev–Trinajstić information content (AvgIpc) is 3.71. The molecule has 5 heterocycles. The lowest BCUT2D eigenvalue weighted by atomic mass is 9.81. The maximum Gasteiger partial charge on any atom is 0.148 e. The van der Waals surface area contributed by atoms with Crippen LogP contribution in [0.4, 0.5) is 0 Å². The van der Waals surface area contributed by atoms with Gasteiger partial charge < -0.3 is 19.9 Å². The predicted molar refractivity (Wildman–Crippen MR) is 155 cm³/mol. The molecule has 40 heavy (non-hydrogen) atoms. The molecular weight excluding hydrogens is 494 g/mol. The van der Waals surface area contributed by atoms with Gasteiger partial charge in [-0.25, -0.2) is 0 Å². The van der Waals surface area contributed by atoms with Crippen LogP contribution in [0.15, 0.2) is 48.0 Å². The number of hydrogen-bond donors (Lipinski definition) is 4. The van der Waals surface area contributed by atoms with Crippen LogP contribution in [0.1, 0.15) is 107 Å². The fourth-order valence-electron chi connectivity index (χ4n) is 5.81. The minimum atomic E-state index is -0.614. The molecule has 0 fully saturated rings. The van der Waals surface area contributed by atoms with Gasteiger partial charge in [0.25, 0.3) is 0 Å². The van der Waals surface area contributed by atoms with E-state index in [1.807, 2.05) is 18.2 Å². The quantitative estimate of drug-likeness (QED) is 0.199. The highest BCUT2D eigenvalue weighted by Crippen LogP contribution is 2.43. The zero-order valence-corrected chi connectivity index (χ0v) is 24.4. The molecule has 0 aromatic carbocycles. The van der Waals surface area contributed by atoms with Gasteiger partial charge in [-0.2, -0.15) is 15.8 Å². The highest BCUT2D eigenvalue weighted by Gasteiger charge is 2.38. The second kappa shape index (κ2) is 8.67. The summed E-state index contributed by atoms with van der Waals surface area (Å²) in [6, 6.07) is 20.7. The maximum absolute atomic E-state index is 10.1. The lowest BCUT2D eigenvalue weighted by Crippen LogP contribution is -2.26. The van der Waals surface area contributed by atoms with Crippen molar-refractivity contribution in [3.05, 3.63) is 99.2 Å². The van der Waals surface area contributed by atoms with Crippen molar-refractivity contribution < 1.29 is 0 Å². The highest BCUT2D eigenvalue weighted by molar-refractivity contribution is 5.86. The molecule has 7 nitrogen and oxygen atoms in total. The molecular formula is C33H35N7. The molecule has 0 aliphatic carbocycles. The summed E-state index contributed by atoms with van der Waals surface area (Å²) in [7, 11) is 0. The van der Waals surface area contributed by atoms with Crippen molar-refractivity contribution >= 4 is 5.57 Å². The van der Waals surface area contributed by atoms with E-state index in [0.717, 1.165) is 45.6 Å². The van der Waals surface area contributed by atoms with E-state index in [-0.39, 0.29) is 22.0 Å². The molecule has 7 heteroatoms. The number of H-pyrrole nitrogens is 4. The molecule has 1 aliphatic heterocycles. The van der Waals surface area contributed by atoms with Crippen LogP contribution in [0, 0.1) is 34.0 Å². The number of aromatic amines is 4. The Hall–Kier alpha value is -4.67. The van der Waals surface area contributed by atoms with Crippen molar-refractivity contribution in [3.8, 4) is 18.2 Å². The largest absolute Gasteiger partial charge is 0.361 e. The first-order valence-electron chi connectivity index (χ1n) is 13.5. The van der Waals surface area contributed by atoms with Crippen LogP contribution >= 0.6 is 0 Å². The first kappa shape index (κ1) is 26.9. The second-order valence-electron chi connectivity index (χ2n) is 12.9. The lowest BCUT2D eigenvalue weighted by molar-refractivity contribution is 0.545. The van der Waals surface area contributed by atoms with Crippen molar-refractivity contribution in [1.29, 1.82) is 15.8 Å². The Morgan fingerprint density at radius 2 is 0.850 bits per heavy atom.